The Bertz CT molecular complexity index is 587. The monoisotopic (exact) mass is 323 g/mol. The smallest absolute Gasteiger partial charge is 0.128 e. The number of halogens is 2. The summed E-state index contributed by atoms with van der Waals surface area (Å²) in [5.41, 5.74) is 1.08. The minimum atomic E-state index is 0.660. The largest absolute Gasteiger partial charge is 0.370 e. The molecule has 0 saturated carbocycles. The van der Waals surface area contributed by atoms with E-state index < -0.39 is 0 Å². The Morgan fingerprint density at radius 3 is 2.38 bits per heavy atom. The average Bonchev–Trinajstić information content (AvgIpc) is 2.48. The van der Waals surface area contributed by atoms with Gasteiger partial charge in [0.2, 0.25) is 0 Å². The Labute approximate surface area is 135 Å². The summed E-state index contributed by atoms with van der Waals surface area (Å²) >= 11 is 12.0. The number of benzene rings is 1. The minimum Gasteiger partial charge on any atom is -0.370 e. The summed E-state index contributed by atoms with van der Waals surface area (Å²) in [6.45, 7) is 3.83. The van der Waals surface area contributed by atoms with Crippen LogP contribution in [0.15, 0.2) is 36.4 Å². The van der Waals surface area contributed by atoms with E-state index in [0.29, 0.717) is 10.0 Å². The van der Waals surface area contributed by atoms with Crippen LogP contribution in [0.5, 0.6) is 0 Å². The number of hydrogen-bond donors (Lipinski definition) is 2. The van der Waals surface area contributed by atoms with Gasteiger partial charge in [0, 0.05) is 23.1 Å². The van der Waals surface area contributed by atoms with Gasteiger partial charge in [-0.2, -0.15) is 0 Å². The first-order valence-electron chi connectivity index (χ1n) is 7.07. The quantitative estimate of drug-likeness (QED) is 0.763. The number of anilines is 2. The molecule has 0 bridgehead atoms. The maximum atomic E-state index is 6.16. The maximum Gasteiger partial charge on any atom is 0.128 e. The van der Waals surface area contributed by atoms with E-state index in [1.54, 1.807) is 6.07 Å². The van der Waals surface area contributed by atoms with Crippen molar-refractivity contribution in [2.75, 3.05) is 23.7 Å². The molecule has 0 radical (unpaired) electrons. The van der Waals surface area contributed by atoms with E-state index in [1.807, 2.05) is 30.3 Å². The zero-order valence-electron chi connectivity index (χ0n) is 12.0. The number of hydrogen-bond acceptors (Lipinski definition) is 3. The highest BCUT2D eigenvalue weighted by molar-refractivity contribution is 6.35. The first-order chi connectivity index (χ1) is 10.2. The molecule has 0 atom stereocenters. The maximum absolute atomic E-state index is 6.16. The van der Waals surface area contributed by atoms with Crippen molar-refractivity contribution in [3.63, 3.8) is 0 Å². The molecule has 112 valence electrons. The molecule has 0 fully saturated rings. The highest BCUT2D eigenvalue weighted by Crippen LogP contribution is 2.21. The molecule has 2 aromatic rings. The molecule has 0 aliphatic rings. The van der Waals surface area contributed by atoms with Gasteiger partial charge in [0.15, 0.2) is 0 Å². The average molecular weight is 324 g/mol. The normalized spacial score (nSPS) is 10.4. The van der Waals surface area contributed by atoms with Crippen LogP contribution >= 0.6 is 23.2 Å². The second-order valence-electron chi connectivity index (χ2n) is 4.75. The molecule has 21 heavy (non-hydrogen) atoms. The Balaban J connectivity index is 1.88. The molecule has 3 nitrogen and oxygen atoms in total. The van der Waals surface area contributed by atoms with Crippen LogP contribution in [0.25, 0.3) is 0 Å². The standard InChI is InChI=1S/C16H19Cl2N3/c1-2-9-19-15-4-3-5-16(21-15)20-10-8-12-6-7-13(17)11-14(12)18/h3-7,11H,2,8-10H2,1H3,(H2,19,20,21). The summed E-state index contributed by atoms with van der Waals surface area (Å²) in [6.07, 6.45) is 1.90. The first kappa shape index (κ1) is 15.9. The van der Waals surface area contributed by atoms with E-state index in [4.69, 9.17) is 23.2 Å². The third kappa shape index (κ3) is 5.10. The van der Waals surface area contributed by atoms with Crippen molar-refractivity contribution < 1.29 is 0 Å². The Hall–Kier alpha value is -1.45. The fourth-order valence-electron chi connectivity index (χ4n) is 1.93. The van der Waals surface area contributed by atoms with Crippen molar-refractivity contribution in [2.45, 2.75) is 19.8 Å². The topological polar surface area (TPSA) is 37.0 Å². The Morgan fingerprint density at radius 1 is 1.00 bits per heavy atom. The third-order valence-corrected chi connectivity index (χ3v) is 3.61. The van der Waals surface area contributed by atoms with Crippen molar-refractivity contribution in [3.8, 4) is 0 Å². The summed E-state index contributed by atoms with van der Waals surface area (Å²) in [6, 6.07) is 11.5. The molecule has 0 aliphatic heterocycles. The number of nitrogens with one attached hydrogen (secondary N) is 2. The van der Waals surface area contributed by atoms with Gasteiger partial charge in [-0.1, -0.05) is 42.3 Å². The van der Waals surface area contributed by atoms with Crippen molar-refractivity contribution in [3.05, 3.63) is 52.0 Å². The van der Waals surface area contributed by atoms with Crippen LogP contribution in [0.2, 0.25) is 10.0 Å². The number of nitrogens with zero attached hydrogens (tertiary/aromatic N) is 1. The fraction of sp³-hybridized carbons (Fsp3) is 0.312. The van der Waals surface area contributed by atoms with Crippen molar-refractivity contribution >= 4 is 34.8 Å². The van der Waals surface area contributed by atoms with Crippen LogP contribution in [0, 0.1) is 0 Å². The second-order valence-corrected chi connectivity index (χ2v) is 5.59. The Morgan fingerprint density at radius 2 is 1.71 bits per heavy atom. The van der Waals surface area contributed by atoms with Gasteiger partial charge in [-0.3, -0.25) is 0 Å². The number of rotatable bonds is 7. The molecule has 0 unspecified atom stereocenters. The zero-order valence-corrected chi connectivity index (χ0v) is 13.5. The first-order valence-corrected chi connectivity index (χ1v) is 7.83. The summed E-state index contributed by atoms with van der Waals surface area (Å²) in [5.74, 6) is 1.76. The third-order valence-electron chi connectivity index (χ3n) is 3.02. The fourth-order valence-corrected chi connectivity index (χ4v) is 2.44. The Kier molecular flexibility index (Phi) is 6.15. The van der Waals surface area contributed by atoms with Crippen LogP contribution in [-0.4, -0.2) is 18.1 Å². The lowest BCUT2D eigenvalue weighted by Gasteiger charge is -2.09. The molecular weight excluding hydrogens is 305 g/mol. The zero-order chi connectivity index (χ0) is 15.1. The SMILES string of the molecule is CCCNc1cccc(NCCc2ccc(Cl)cc2Cl)n1. The van der Waals surface area contributed by atoms with Gasteiger partial charge < -0.3 is 10.6 Å². The van der Waals surface area contributed by atoms with Gasteiger partial charge in [-0.15, -0.1) is 0 Å². The molecule has 5 heteroatoms. The van der Waals surface area contributed by atoms with Crippen molar-refractivity contribution in [1.29, 1.82) is 0 Å². The molecule has 1 aromatic heterocycles. The molecule has 0 amide bonds. The molecule has 2 N–H and O–H groups in total. The van der Waals surface area contributed by atoms with Crippen molar-refractivity contribution in [1.82, 2.24) is 4.98 Å². The highest BCUT2D eigenvalue weighted by atomic mass is 35.5. The van der Waals surface area contributed by atoms with E-state index >= 15 is 0 Å². The predicted molar refractivity (Wildman–Crippen MR) is 91.7 cm³/mol. The summed E-state index contributed by atoms with van der Waals surface area (Å²) in [5, 5.41) is 7.94. The van der Waals surface area contributed by atoms with Crippen LogP contribution in [-0.2, 0) is 6.42 Å². The second kappa shape index (κ2) is 8.11. The van der Waals surface area contributed by atoms with Gasteiger partial charge >= 0.3 is 0 Å². The predicted octanol–water partition coefficient (Wildman–Crippen LogP) is 4.86. The number of pyridine rings is 1. The molecule has 1 aromatic carbocycles. The van der Waals surface area contributed by atoms with E-state index in [2.05, 4.69) is 22.5 Å². The van der Waals surface area contributed by atoms with Crippen LogP contribution < -0.4 is 10.6 Å². The lowest BCUT2D eigenvalue weighted by atomic mass is 10.1. The van der Waals surface area contributed by atoms with Gasteiger partial charge in [0.25, 0.3) is 0 Å². The molecule has 2 rings (SSSR count). The molecular formula is C16H19Cl2N3. The van der Waals surface area contributed by atoms with Gasteiger partial charge in [0.1, 0.15) is 11.6 Å². The van der Waals surface area contributed by atoms with Gasteiger partial charge in [-0.25, -0.2) is 4.98 Å². The van der Waals surface area contributed by atoms with Gasteiger partial charge in [-0.05, 0) is 42.7 Å². The molecule has 0 saturated heterocycles. The lowest BCUT2D eigenvalue weighted by molar-refractivity contribution is 0.965. The van der Waals surface area contributed by atoms with Crippen LogP contribution in [0.4, 0.5) is 11.6 Å². The van der Waals surface area contributed by atoms with E-state index in [9.17, 15) is 0 Å². The summed E-state index contributed by atoms with van der Waals surface area (Å²) in [7, 11) is 0. The molecule has 0 spiro atoms. The summed E-state index contributed by atoms with van der Waals surface area (Å²) in [4.78, 5) is 4.50. The highest BCUT2D eigenvalue weighted by Gasteiger charge is 2.02. The molecule has 1 heterocycles. The number of aromatic nitrogens is 1. The van der Waals surface area contributed by atoms with Crippen molar-refractivity contribution in [2.24, 2.45) is 0 Å². The minimum absolute atomic E-state index is 0.660. The van der Waals surface area contributed by atoms with Crippen LogP contribution in [0.1, 0.15) is 18.9 Å². The van der Waals surface area contributed by atoms with Gasteiger partial charge in [0.05, 0.1) is 0 Å². The summed E-state index contributed by atoms with van der Waals surface area (Å²) < 4.78 is 0. The van der Waals surface area contributed by atoms with Crippen LogP contribution in [0.3, 0.4) is 0 Å². The lowest BCUT2D eigenvalue weighted by Crippen LogP contribution is -2.08. The van der Waals surface area contributed by atoms with E-state index in [-0.39, 0.29) is 0 Å². The van der Waals surface area contributed by atoms with E-state index in [0.717, 1.165) is 43.1 Å². The molecule has 0 aliphatic carbocycles. The van der Waals surface area contributed by atoms with E-state index in [1.165, 1.54) is 0 Å².